The Hall–Kier alpha value is -1.64. The van der Waals surface area contributed by atoms with E-state index in [1.165, 1.54) is 18.2 Å². The maximum atomic E-state index is 12.6. The van der Waals surface area contributed by atoms with Gasteiger partial charge in [-0.25, -0.2) is 17.9 Å². The number of carbonyl (C=O) groups is 1. The fraction of sp³-hybridized carbons (Fsp3) is 0.588. The van der Waals surface area contributed by atoms with Crippen molar-refractivity contribution in [3.8, 4) is 0 Å². The molecular weight excluding hydrogens is 344 g/mol. The molecule has 3 N–H and O–H groups in total. The predicted octanol–water partition coefficient (Wildman–Crippen LogP) is 2.44. The van der Waals surface area contributed by atoms with Gasteiger partial charge in [-0.15, -0.1) is 0 Å². The summed E-state index contributed by atoms with van der Waals surface area (Å²) in [5, 5.41) is 12.5. The first-order valence-corrected chi connectivity index (χ1v) is 9.97. The molecule has 8 heteroatoms. The zero-order valence-corrected chi connectivity index (χ0v) is 15.4. The number of sulfonamides is 1. The first-order valence-electron chi connectivity index (χ1n) is 8.48. The molecule has 0 saturated heterocycles. The molecule has 140 valence electrons. The number of anilines is 1. The molecule has 7 nitrogen and oxygen atoms in total. The summed E-state index contributed by atoms with van der Waals surface area (Å²) < 4.78 is 32.9. The monoisotopic (exact) mass is 370 g/mol. The molecule has 0 bridgehead atoms. The Bertz CT molecular complexity index is 699. The van der Waals surface area contributed by atoms with Crippen LogP contribution in [0.25, 0.3) is 0 Å². The quantitative estimate of drug-likeness (QED) is 0.649. The summed E-state index contributed by atoms with van der Waals surface area (Å²) in [7, 11) is -2.18. The molecule has 25 heavy (non-hydrogen) atoms. The van der Waals surface area contributed by atoms with Gasteiger partial charge in [-0.05, 0) is 38.0 Å². The van der Waals surface area contributed by atoms with Gasteiger partial charge in [0.2, 0.25) is 10.0 Å². The number of carboxylic acid groups (broad SMARTS) is 1. The van der Waals surface area contributed by atoms with E-state index >= 15 is 0 Å². The lowest BCUT2D eigenvalue weighted by atomic mass is 9.96. The smallest absolute Gasteiger partial charge is 0.337 e. The lowest BCUT2D eigenvalue weighted by Gasteiger charge is -2.23. The highest BCUT2D eigenvalue weighted by Gasteiger charge is 2.24. The van der Waals surface area contributed by atoms with Crippen LogP contribution >= 0.6 is 0 Å². The minimum Gasteiger partial charge on any atom is -0.478 e. The normalized spacial score (nSPS) is 17.2. The van der Waals surface area contributed by atoms with Crippen molar-refractivity contribution in [2.24, 2.45) is 0 Å². The molecule has 1 aliphatic carbocycles. The molecule has 0 heterocycles. The van der Waals surface area contributed by atoms with Gasteiger partial charge in [0.25, 0.3) is 0 Å². The standard InChI is InChI=1S/C17H26N2O5S/c1-12(11-24-2)18-16-9-8-14(10-15(16)17(20)21)25(22,23)19-13-6-4-3-5-7-13/h8-10,12-13,18-19H,3-7,11H2,1-2H3,(H,20,21)/t12-/m1/s1. The lowest BCUT2D eigenvalue weighted by Crippen LogP contribution is -2.36. The summed E-state index contributed by atoms with van der Waals surface area (Å²) in [6.07, 6.45) is 4.78. The molecule has 1 aromatic rings. The summed E-state index contributed by atoms with van der Waals surface area (Å²) in [6.45, 7) is 2.26. The molecular formula is C17H26N2O5S. The van der Waals surface area contributed by atoms with Gasteiger partial charge < -0.3 is 15.2 Å². The molecule has 1 aliphatic rings. The average Bonchev–Trinajstić information content (AvgIpc) is 2.55. The van der Waals surface area contributed by atoms with Crippen LogP contribution in [0.3, 0.4) is 0 Å². The van der Waals surface area contributed by atoms with Crippen LogP contribution < -0.4 is 10.0 Å². The zero-order chi connectivity index (χ0) is 18.4. The Morgan fingerprint density at radius 2 is 2.00 bits per heavy atom. The summed E-state index contributed by atoms with van der Waals surface area (Å²) in [6, 6.07) is 3.94. The second kappa shape index (κ2) is 8.64. The minimum atomic E-state index is -3.74. The highest BCUT2D eigenvalue weighted by molar-refractivity contribution is 7.89. The van der Waals surface area contributed by atoms with E-state index in [0.29, 0.717) is 12.3 Å². The Labute approximate surface area is 148 Å². The molecule has 1 aromatic carbocycles. The third kappa shape index (κ3) is 5.42. The number of rotatable bonds is 8. The number of nitrogens with one attached hydrogen (secondary N) is 2. The number of hydrogen-bond donors (Lipinski definition) is 3. The van der Waals surface area contributed by atoms with Gasteiger partial charge >= 0.3 is 5.97 Å². The van der Waals surface area contributed by atoms with Gasteiger partial charge in [-0.1, -0.05) is 19.3 Å². The molecule has 0 radical (unpaired) electrons. The summed E-state index contributed by atoms with van der Waals surface area (Å²) >= 11 is 0. The third-order valence-electron chi connectivity index (χ3n) is 4.28. The number of carboxylic acids is 1. The summed E-state index contributed by atoms with van der Waals surface area (Å²) in [5.41, 5.74) is 0.295. The number of benzene rings is 1. The topological polar surface area (TPSA) is 105 Å². The van der Waals surface area contributed by atoms with Crippen LogP contribution in [-0.4, -0.2) is 45.3 Å². The van der Waals surface area contributed by atoms with E-state index in [4.69, 9.17) is 4.74 Å². The van der Waals surface area contributed by atoms with Crippen molar-refractivity contribution in [3.05, 3.63) is 23.8 Å². The minimum absolute atomic E-state index is 0.0274. The van der Waals surface area contributed by atoms with E-state index in [1.807, 2.05) is 6.92 Å². The van der Waals surface area contributed by atoms with E-state index in [2.05, 4.69) is 10.0 Å². The van der Waals surface area contributed by atoms with E-state index < -0.39 is 16.0 Å². The fourth-order valence-electron chi connectivity index (χ4n) is 3.06. The molecule has 1 atom stereocenters. The van der Waals surface area contributed by atoms with Gasteiger partial charge in [0, 0.05) is 24.9 Å². The van der Waals surface area contributed by atoms with Crippen molar-refractivity contribution in [1.29, 1.82) is 0 Å². The average molecular weight is 370 g/mol. The Kier molecular flexibility index (Phi) is 6.80. The van der Waals surface area contributed by atoms with Gasteiger partial charge in [-0.2, -0.15) is 0 Å². The summed E-state index contributed by atoms with van der Waals surface area (Å²) in [4.78, 5) is 11.5. The third-order valence-corrected chi connectivity index (χ3v) is 5.80. The Morgan fingerprint density at radius 3 is 2.60 bits per heavy atom. The maximum Gasteiger partial charge on any atom is 0.337 e. The van der Waals surface area contributed by atoms with Crippen molar-refractivity contribution in [2.75, 3.05) is 19.0 Å². The van der Waals surface area contributed by atoms with Crippen LogP contribution in [0.15, 0.2) is 23.1 Å². The van der Waals surface area contributed by atoms with Crippen molar-refractivity contribution < 1.29 is 23.1 Å². The van der Waals surface area contributed by atoms with Gasteiger partial charge in [0.05, 0.1) is 17.1 Å². The molecule has 0 spiro atoms. The van der Waals surface area contributed by atoms with Crippen LogP contribution in [0.1, 0.15) is 49.4 Å². The molecule has 1 fully saturated rings. The lowest BCUT2D eigenvalue weighted by molar-refractivity contribution is 0.0697. The van der Waals surface area contributed by atoms with Crippen LogP contribution in [-0.2, 0) is 14.8 Å². The van der Waals surface area contributed by atoms with Crippen LogP contribution in [0.4, 0.5) is 5.69 Å². The molecule has 2 rings (SSSR count). The van der Waals surface area contributed by atoms with Crippen molar-refractivity contribution >= 4 is 21.7 Å². The largest absolute Gasteiger partial charge is 0.478 e. The number of aromatic carboxylic acids is 1. The molecule has 0 aliphatic heterocycles. The van der Waals surface area contributed by atoms with E-state index in [1.54, 1.807) is 7.11 Å². The number of ether oxygens (including phenoxy) is 1. The van der Waals surface area contributed by atoms with Gasteiger partial charge in [-0.3, -0.25) is 0 Å². The van der Waals surface area contributed by atoms with E-state index in [9.17, 15) is 18.3 Å². The van der Waals surface area contributed by atoms with Crippen LogP contribution in [0.2, 0.25) is 0 Å². The number of hydrogen-bond acceptors (Lipinski definition) is 5. The van der Waals surface area contributed by atoms with Crippen LogP contribution in [0.5, 0.6) is 0 Å². The van der Waals surface area contributed by atoms with Crippen LogP contribution in [0, 0.1) is 0 Å². The first kappa shape index (κ1) is 19.7. The maximum absolute atomic E-state index is 12.6. The SMILES string of the molecule is COC[C@@H](C)Nc1ccc(S(=O)(=O)NC2CCCCC2)cc1C(=O)O. The fourth-order valence-corrected chi connectivity index (χ4v) is 4.39. The highest BCUT2D eigenvalue weighted by atomic mass is 32.2. The second-order valence-corrected chi connectivity index (χ2v) is 8.18. The van der Waals surface area contributed by atoms with Crippen molar-refractivity contribution in [1.82, 2.24) is 4.72 Å². The number of methoxy groups -OCH3 is 1. The molecule has 0 amide bonds. The molecule has 0 aromatic heterocycles. The van der Waals surface area contributed by atoms with E-state index in [0.717, 1.165) is 32.1 Å². The second-order valence-electron chi connectivity index (χ2n) is 6.47. The Balaban J connectivity index is 2.23. The van der Waals surface area contributed by atoms with Gasteiger partial charge in [0.15, 0.2) is 0 Å². The van der Waals surface area contributed by atoms with Crippen molar-refractivity contribution in [2.45, 2.75) is 56.0 Å². The summed E-state index contributed by atoms with van der Waals surface area (Å²) in [5.74, 6) is -1.18. The Morgan fingerprint density at radius 1 is 1.32 bits per heavy atom. The van der Waals surface area contributed by atoms with E-state index in [-0.39, 0.29) is 22.5 Å². The predicted molar refractivity (Wildman–Crippen MR) is 95.6 cm³/mol. The molecule has 1 saturated carbocycles. The van der Waals surface area contributed by atoms with Crippen molar-refractivity contribution in [3.63, 3.8) is 0 Å². The molecule has 0 unspecified atom stereocenters. The highest BCUT2D eigenvalue weighted by Crippen LogP contribution is 2.24. The van der Waals surface area contributed by atoms with Gasteiger partial charge in [0.1, 0.15) is 0 Å². The zero-order valence-electron chi connectivity index (χ0n) is 14.6. The first-order chi connectivity index (χ1) is 11.8.